The average Bonchev–Trinajstić information content (AvgIpc) is 2.51. The average molecular weight is 339 g/mol. The number of halogens is 2. The molecule has 0 radical (unpaired) electrons. The van der Waals surface area contributed by atoms with Gasteiger partial charge >= 0.3 is 0 Å². The summed E-state index contributed by atoms with van der Waals surface area (Å²) < 4.78 is 0. The number of hydrogen-bond acceptors (Lipinski definition) is 3. The van der Waals surface area contributed by atoms with Crippen molar-refractivity contribution >= 4 is 29.1 Å². The maximum Gasteiger partial charge on any atom is 0.253 e. The zero-order valence-corrected chi connectivity index (χ0v) is 13.5. The molecule has 2 N–H and O–H groups in total. The van der Waals surface area contributed by atoms with Gasteiger partial charge in [-0.25, -0.2) is 0 Å². The maximum absolute atomic E-state index is 12.0. The molecule has 116 valence electrons. The summed E-state index contributed by atoms with van der Waals surface area (Å²) in [5, 5.41) is 13.6. The molecule has 4 nitrogen and oxygen atoms in total. The predicted molar refractivity (Wildman–Crippen MR) is 87.1 cm³/mol. The molecule has 0 spiro atoms. The number of nitrogens with one attached hydrogen (secondary N) is 1. The summed E-state index contributed by atoms with van der Waals surface area (Å²) in [4.78, 5) is 16.0. The number of carbonyl (C=O) groups excluding carboxylic acids is 1. The van der Waals surface area contributed by atoms with E-state index >= 15 is 0 Å². The Morgan fingerprint density at radius 3 is 2.36 bits per heavy atom. The number of pyridine rings is 1. The van der Waals surface area contributed by atoms with Crippen LogP contribution in [0.25, 0.3) is 0 Å². The van der Waals surface area contributed by atoms with Gasteiger partial charge in [-0.05, 0) is 47.4 Å². The molecule has 0 saturated heterocycles. The lowest BCUT2D eigenvalue weighted by molar-refractivity contribution is -0.129. The number of benzene rings is 1. The second-order valence-corrected chi connectivity index (χ2v) is 5.90. The van der Waals surface area contributed by atoms with Gasteiger partial charge in [-0.1, -0.05) is 30.1 Å². The van der Waals surface area contributed by atoms with Crippen molar-refractivity contribution in [3.8, 4) is 0 Å². The van der Waals surface area contributed by atoms with Gasteiger partial charge in [0.15, 0.2) is 6.10 Å². The molecular formula is C16H16Cl2N2O2. The number of rotatable bonds is 5. The van der Waals surface area contributed by atoms with Gasteiger partial charge in [0.2, 0.25) is 0 Å². The lowest BCUT2D eigenvalue weighted by Crippen LogP contribution is -2.32. The minimum atomic E-state index is -1.30. The summed E-state index contributed by atoms with van der Waals surface area (Å²) in [6.07, 6.45) is 2.10. The highest BCUT2D eigenvalue weighted by Gasteiger charge is 2.19. The molecule has 2 rings (SSSR count). The Bertz CT molecular complexity index is 630. The molecule has 6 heteroatoms. The first-order valence-corrected chi connectivity index (χ1v) is 7.54. The van der Waals surface area contributed by atoms with E-state index in [0.717, 1.165) is 5.56 Å². The largest absolute Gasteiger partial charge is 0.378 e. The molecule has 0 fully saturated rings. The van der Waals surface area contributed by atoms with Gasteiger partial charge in [0, 0.05) is 29.0 Å². The molecule has 1 aromatic carbocycles. The summed E-state index contributed by atoms with van der Waals surface area (Å²) in [5.41, 5.74) is 1.43. The van der Waals surface area contributed by atoms with Crippen LogP contribution in [0.2, 0.25) is 10.0 Å². The molecule has 2 aromatic rings. The van der Waals surface area contributed by atoms with Gasteiger partial charge in [-0.2, -0.15) is 0 Å². The van der Waals surface area contributed by atoms with Gasteiger partial charge in [0.05, 0.1) is 0 Å². The molecule has 1 amide bonds. The molecule has 1 heterocycles. The van der Waals surface area contributed by atoms with Crippen LogP contribution >= 0.6 is 23.2 Å². The van der Waals surface area contributed by atoms with Crippen molar-refractivity contribution in [3.63, 3.8) is 0 Å². The topological polar surface area (TPSA) is 62.2 Å². The van der Waals surface area contributed by atoms with Gasteiger partial charge in [-0.15, -0.1) is 0 Å². The number of aromatic nitrogens is 1. The van der Waals surface area contributed by atoms with E-state index in [1.807, 2.05) is 19.1 Å². The maximum atomic E-state index is 12.0. The Kier molecular flexibility index (Phi) is 5.77. The fourth-order valence-corrected chi connectivity index (χ4v) is 2.59. The summed E-state index contributed by atoms with van der Waals surface area (Å²) in [5.74, 6) is -0.374. The fourth-order valence-electron chi connectivity index (χ4n) is 2.04. The molecular weight excluding hydrogens is 323 g/mol. The van der Waals surface area contributed by atoms with Crippen LogP contribution in [0.15, 0.2) is 42.7 Å². The number of amides is 1. The van der Waals surface area contributed by atoms with Crippen LogP contribution in [0.4, 0.5) is 0 Å². The van der Waals surface area contributed by atoms with Gasteiger partial charge < -0.3 is 10.4 Å². The van der Waals surface area contributed by atoms with Crippen LogP contribution in [0, 0.1) is 0 Å². The van der Waals surface area contributed by atoms with E-state index in [9.17, 15) is 9.90 Å². The highest BCUT2D eigenvalue weighted by Crippen LogP contribution is 2.24. The summed E-state index contributed by atoms with van der Waals surface area (Å²) in [6.45, 7) is 2.40. The van der Waals surface area contributed by atoms with Crippen molar-refractivity contribution in [2.75, 3.05) is 6.54 Å². The monoisotopic (exact) mass is 338 g/mol. The van der Waals surface area contributed by atoms with Crippen molar-refractivity contribution in [3.05, 3.63) is 63.9 Å². The minimum absolute atomic E-state index is 0.113. The van der Waals surface area contributed by atoms with Crippen LogP contribution in [-0.4, -0.2) is 22.5 Å². The van der Waals surface area contributed by atoms with Gasteiger partial charge in [0.1, 0.15) is 0 Å². The lowest BCUT2D eigenvalue weighted by atomic mass is 10.0. The van der Waals surface area contributed by atoms with Crippen molar-refractivity contribution in [2.24, 2.45) is 0 Å². The van der Waals surface area contributed by atoms with Crippen molar-refractivity contribution in [1.29, 1.82) is 0 Å². The van der Waals surface area contributed by atoms with E-state index < -0.39 is 12.0 Å². The quantitative estimate of drug-likeness (QED) is 0.878. The number of aliphatic hydroxyl groups excluding tert-OH is 1. The molecule has 0 unspecified atom stereocenters. The second kappa shape index (κ2) is 7.58. The summed E-state index contributed by atoms with van der Waals surface area (Å²) >= 11 is 11.7. The predicted octanol–water partition coefficient (Wildman–Crippen LogP) is 3.34. The molecule has 2 atom stereocenters. The smallest absolute Gasteiger partial charge is 0.253 e. The number of carbonyl (C=O) groups is 1. The van der Waals surface area contributed by atoms with E-state index in [4.69, 9.17) is 23.2 Å². The number of hydrogen-bond donors (Lipinski definition) is 2. The Labute approximate surface area is 139 Å². The normalized spacial score (nSPS) is 13.5. The first-order valence-electron chi connectivity index (χ1n) is 6.79. The van der Waals surface area contributed by atoms with Crippen molar-refractivity contribution in [1.82, 2.24) is 10.3 Å². The Morgan fingerprint density at radius 1 is 1.18 bits per heavy atom. The van der Waals surface area contributed by atoms with E-state index in [0.29, 0.717) is 22.2 Å². The second-order valence-electron chi connectivity index (χ2n) is 5.03. The molecule has 0 bridgehead atoms. The summed E-state index contributed by atoms with van der Waals surface area (Å²) in [6, 6.07) is 8.37. The SMILES string of the molecule is C[C@H](CNC(=O)[C@H](O)c1cc(Cl)cc(Cl)c1)c1ccncc1. The van der Waals surface area contributed by atoms with Crippen LogP contribution in [0.3, 0.4) is 0 Å². The minimum Gasteiger partial charge on any atom is -0.378 e. The standard InChI is InChI=1S/C16H16Cl2N2O2/c1-10(11-2-4-19-5-3-11)9-20-16(22)15(21)12-6-13(17)8-14(18)7-12/h2-8,10,15,21H,9H2,1H3,(H,20,22)/t10-,15-/m1/s1. The fraction of sp³-hybridized carbons (Fsp3) is 0.250. The third kappa shape index (κ3) is 4.44. The van der Waals surface area contributed by atoms with Gasteiger partial charge in [0.25, 0.3) is 5.91 Å². The molecule has 0 aliphatic rings. The zero-order chi connectivity index (χ0) is 16.1. The highest BCUT2D eigenvalue weighted by molar-refractivity contribution is 6.34. The van der Waals surface area contributed by atoms with Crippen LogP contribution < -0.4 is 5.32 Å². The van der Waals surface area contributed by atoms with E-state index in [-0.39, 0.29) is 5.92 Å². The molecule has 0 saturated carbocycles. The van der Waals surface area contributed by atoms with Crippen LogP contribution in [0.5, 0.6) is 0 Å². The number of aliphatic hydroxyl groups is 1. The van der Waals surface area contributed by atoms with Crippen molar-refractivity contribution < 1.29 is 9.90 Å². The third-order valence-electron chi connectivity index (χ3n) is 3.31. The van der Waals surface area contributed by atoms with E-state index in [1.54, 1.807) is 18.5 Å². The zero-order valence-electron chi connectivity index (χ0n) is 12.0. The van der Waals surface area contributed by atoms with E-state index in [1.165, 1.54) is 12.1 Å². The van der Waals surface area contributed by atoms with Gasteiger partial charge in [-0.3, -0.25) is 9.78 Å². The Morgan fingerprint density at radius 2 is 1.77 bits per heavy atom. The first kappa shape index (κ1) is 16.7. The molecule has 22 heavy (non-hydrogen) atoms. The van der Waals surface area contributed by atoms with E-state index in [2.05, 4.69) is 10.3 Å². The first-order chi connectivity index (χ1) is 10.5. The molecule has 0 aliphatic heterocycles. The molecule has 0 aliphatic carbocycles. The number of nitrogens with zero attached hydrogens (tertiary/aromatic N) is 1. The lowest BCUT2D eigenvalue weighted by Gasteiger charge is -2.16. The Hall–Kier alpha value is -1.62. The molecule has 1 aromatic heterocycles. The highest BCUT2D eigenvalue weighted by atomic mass is 35.5. The summed E-state index contributed by atoms with van der Waals surface area (Å²) in [7, 11) is 0. The Balaban J connectivity index is 1.97. The van der Waals surface area contributed by atoms with Crippen LogP contribution in [-0.2, 0) is 4.79 Å². The van der Waals surface area contributed by atoms with Crippen molar-refractivity contribution in [2.45, 2.75) is 18.9 Å². The third-order valence-corrected chi connectivity index (χ3v) is 3.74. The van der Waals surface area contributed by atoms with Crippen LogP contribution in [0.1, 0.15) is 30.1 Å².